The maximum Gasteiger partial charge on any atom is 0.256 e. The summed E-state index contributed by atoms with van der Waals surface area (Å²) < 4.78 is 5.77. The van der Waals surface area contributed by atoms with Gasteiger partial charge in [0.1, 0.15) is 4.60 Å². The highest BCUT2D eigenvalue weighted by Gasteiger charge is 2.14. The molecule has 0 saturated carbocycles. The fourth-order valence-electron chi connectivity index (χ4n) is 1.20. The van der Waals surface area contributed by atoms with E-state index in [2.05, 4.69) is 20.9 Å². The highest BCUT2D eigenvalue weighted by Crippen LogP contribution is 2.14. The Hall–Kier alpha value is -0.940. The molecule has 0 aromatic carbocycles. The number of rotatable bonds is 5. The monoisotopic (exact) mass is 286 g/mol. The van der Waals surface area contributed by atoms with E-state index >= 15 is 0 Å². The number of hydrogen-bond donors (Lipinski definition) is 0. The van der Waals surface area contributed by atoms with Crippen molar-refractivity contribution >= 4 is 21.8 Å². The van der Waals surface area contributed by atoms with E-state index in [-0.39, 0.29) is 5.91 Å². The highest BCUT2D eigenvalue weighted by molar-refractivity contribution is 9.10. The predicted molar refractivity (Wildman–Crippen MR) is 65.4 cm³/mol. The molecule has 1 aromatic rings. The van der Waals surface area contributed by atoms with E-state index in [1.54, 1.807) is 30.3 Å². The molecule has 1 aromatic heterocycles. The minimum Gasteiger partial charge on any atom is -0.380 e. The molecule has 0 aliphatic heterocycles. The average Bonchev–Trinajstić information content (AvgIpc) is 2.29. The first-order valence-corrected chi connectivity index (χ1v) is 5.89. The topological polar surface area (TPSA) is 42.4 Å². The predicted octanol–water partition coefficient (Wildman–Crippen LogP) is 1.95. The first-order chi connectivity index (χ1) is 7.66. The second-order valence-electron chi connectivity index (χ2n) is 3.27. The van der Waals surface area contributed by atoms with Crippen LogP contribution < -0.4 is 0 Å². The molecule has 1 rings (SSSR count). The lowest BCUT2D eigenvalue weighted by Crippen LogP contribution is -2.30. The van der Waals surface area contributed by atoms with E-state index in [0.29, 0.717) is 29.9 Å². The van der Waals surface area contributed by atoms with Crippen LogP contribution in [0.2, 0.25) is 0 Å². The van der Waals surface area contributed by atoms with Gasteiger partial charge in [-0.3, -0.25) is 4.79 Å². The second kappa shape index (κ2) is 6.60. The largest absolute Gasteiger partial charge is 0.380 e. The van der Waals surface area contributed by atoms with Gasteiger partial charge in [-0.2, -0.15) is 0 Å². The van der Waals surface area contributed by atoms with Crippen LogP contribution in [0.25, 0.3) is 0 Å². The Labute approximate surface area is 104 Å². The highest BCUT2D eigenvalue weighted by atomic mass is 79.9. The summed E-state index contributed by atoms with van der Waals surface area (Å²) in [6, 6.07) is 3.49. The molecule has 1 heterocycles. The number of carbonyl (C=O) groups is 1. The molecule has 1 amide bonds. The number of halogens is 1. The third-order valence-corrected chi connectivity index (χ3v) is 2.74. The van der Waals surface area contributed by atoms with Crippen molar-refractivity contribution < 1.29 is 9.53 Å². The smallest absolute Gasteiger partial charge is 0.256 e. The van der Waals surface area contributed by atoms with Gasteiger partial charge in [0.15, 0.2) is 0 Å². The van der Waals surface area contributed by atoms with Gasteiger partial charge < -0.3 is 9.64 Å². The molecule has 0 spiro atoms. The van der Waals surface area contributed by atoms with Crippen LogP contribution in [0.15, 0.2) is 22.9 Å². The van der Waals surface area contributed by atoms with Crippen LogP contribution in [-0.2, 0) is 4.74 Å². The van der Waals surface area contributed by atoms with Gasteiger partial charge in [-0.05, 0) is 35.0 Å². The Kier molecular flexibility index (Phi) is 5.42. The number of likely N-dealkylation sites (N-methyl/N-ethyl adjacent to an activating group) is 1. The van der Waals surface area contributed by atoms with Gasteiger partial charge in [-0.25, -0.2) is 4.98 Å². The number of hydrogen-bond acceptors (Lipinski definition) is 3. The first-order valence-electron chi connectivity index (χ1n) is 5.10. The molecule has 88 valence electrons. The lowest BCUT2D eigenvalue weighted by Gasteiger charge is -2.17. The summed E-state index contributed by atoms with van der Waals surface area (Å²) in [4.78, 5) is 17.6. The number of nitrogens with zero attached hydrogens (tertiary/aromatic N) is 2. The molecule has 0 fully saturated rings. The maximum atomic E-state index is 12.0. The fraction of sp³-hybridized carbons (Fsp3) is 0.455. The van der Waals surface area contributed by atoms with Crippen LogP contribution in [0.4, 0.5) is 0 Å². The van der Waals surface area contributed by atoms with E-state index in [0.717, 1.165) is 0 Å². The zero-order valence-corrected chi connectivity index (χ0v) is 11.0. The molecule has 5 heteroatoms. The lowest BCUT2D eigenvalue weighted by molar-refractivity contribution is 0.0708. The fourth-order valence-corrected chi connectivity index (χ4v) is 1.62. The van der Waals surface area contributed by atoms with Crippen molar-refractivity contribution in [3.8, 4) is 0 Å². The van der Waals surface area contributed by atoms with E-state index in [1.807, 2.05) is 6.92 Å². The van der Waals surface area contributed by atoms with Crippen molar-refractivity contribution in [2.45, 2.75) is 6.92 Å². The molecule has 0 atom stereocenters. The molecule has 0 aliphatic rings. The lowest BCUT2D eigenvalue weighted by atomic mass is 10.2. The molecule has 0 saturated heterocycles. The summed E-state index contributed by atoms with van der Waals surface area (Å²) in [5.74, 6) is -0.0559. The Morgan fingerprint density at radius 3 is 3.00 bits per heavy atom. The van der Waals surface area contributed by atoms with Gasteiger partial charge in [-0.1, -0.05) is 0 Å². The maximum absolute atomic E-state index is 12.0. The summed E-state index contributed by atoms with van der Waals surface area (Å²) in [5.41, 5.74) is 0.571. The third kappa shape index (κ3) is 3.57. The van der Waals surface area contributed by atoms with Crippen LogP contribution in [0.3, 0.4) is 0 Å². The normalized spacial score (nSPS) is 10.2. The zero-order valence-electron chi connectivity index (χ0n) is 9.44. The molecule has 16 heavy (non-hydrogen) atoms. The molecule has 0 radical (unpaired) electrons. The van der Waals surface area contributed by atoms with Gasteiger partial charge in [0.25, 0.3) is 5.91 Å². The Balaban J connectivity index is 2.60. The number of ether oxygens (including phenoxy) is 1. The van der Waals surface area contributed by atoms with Crippen LogP contribution in [-0.4, -0.2) is 42.6 Å². The van der Waals surface area contributed by atoms with Gasteiger partial charge in [-0.15, -0.1) is 0 Å². The van der Waals surface area contributed by atoms with Gasteiger partial charge in [0.2, 0.25) is 0 Å². The van der Waals surface area contributed by atoms with Crippen LogP contribution in [0, 0.1) is 0 Å². The molecule has 0 bridgehead atoms. The molecule has 0 N–H and O–H groups in total. The van der Waals surface area contributed by atoms with Crippen molar-refractivity contribution in [1.29, 1.82) is 0 Å². The number of amides is 1. The summed E-state index contributed by atoms with van der Waals surface area (Å²) >= 11 is 3.26. The van der Waals surface area contributed by atoms with Crippen LogP contribution in [0.1, 0.15) is 17.3 Å². The van der Waals surface area contributed by atoms with Crippen molar-refractivity contribution in [2.24, 2.45) is 0 Å². The van der Waals surface area contributed by atoms with Crippen molar-refractivity contribution in [2.75, 3.05) is 26.8 Å². The Morgan fingerprint density at radius 1 is 1.62 bits per heavy atom. The third-order valence-electron chi connectivity index (χ3n) is 2.11. The second-order valence-corrected chi connectivity index (χ2v) is 4.02. The van der Waals surface area contributed by atoms with Crippen LogP contribution in [0.5, 0.6) is 0 Å². The molecular formula is C11H15BrN2O2. The Bertz CT molecular complexity index is 358. The first kappa shape index (κ1) is 13.1. The Morgan fingerprint density at radius 2 is 2.38 bits per heavy atom. The van der Waals surface area contributed by atoms with Crippen molar-refractivity contribution in [3.63, 3.8) is 0 Å². The number of pyridine rings is 1. The molecule has 0 aliphatic carbocycles. The molecule has 4 nitrogen and oxygen atoms in total. The van der Waals surface area contributed by atoms with E-state index < -0.39 is 0 Å². The standard InChI is InChI=1S/C11H15BrN2O2/c1-3-16-8-7-14(2)11(15)9-5-4-6-13-10(9)12/h4-6H,3,7-8H2,1-2H3. The average molecular weight is 287 g/mol. The minimum atomic E-state index is -0.0559. The minimum absolute atomic E-state index is 0.0559. The summed E-state index contributed by atoms with van der Waals surface area (Å²) in [7, 11) is 1.75. The summed E-state index contributed by atoms with van der Waals surface area (Å²) in [6.07, 6.45) is 1.64. The van der Waals surface area contributed by atoms with Gasteiger partial charge >= 0.3 is 0 Å². The van der Waals surface area contributed by atoms with E-state index in [4.69, 9.17) is 4.74 Å². The van der Waals surface area contributed by atoms with Crippen molar-refractivity contribution in [3.05, 3.63) is 28.5 Å². The summed E-state index contributed by atoms with van der Waals surface area (Å²) in [6.45, 7) is 3.72. The zero-order chi connectivity index (χ0) is 12.0. The number of aromatic nitrogens is 1. The number of carbonyl (C=O) groups excluding carboxylic acids is 1. The van der Waals surface area contributed by atoms with E-state index in [9.17, 15) is 4.79 Å². The van der Waals surface area contributed by atoms with Gasteiger partial charge in [0, 0.05) is 26.4 Å². The van der Waals surface area contributed by atoms with Crippen LogP contribution >= 0.6 is 15.9 Å². The quantitative estimate of drug-likeness (QED) is 0.614. The SMILES string of the molecule is CCOCCN(C)C(=O)c1cccnc1Br. The summed E-state index contributed by atoms with van der Waals surface area (Å²) in [5, 5.41) is 0. The molecular weight excluding hydrogens is 272 g/mol. The molecule has 0 unspecified atom stereocenters. The van der Waals surface area contributed by atoms with E-state index in [1.165, 1.54) is 0 Å². The van der Waals surface area contributed by atoms with Gasteiger partial charge in [0.05, 0.1) is 12.2 Å². The van der Waals surface area contributed by atoms with Crippen molar-refractivity contribution in [1.82, 2.24) is 9.88 Å².